The van der Waals surface area contributed by atoms with Crippen LogP contribution in [-0.2, 0) is 9.59 Å². The van der Waals surface area contributed by atoms with E-state index in [0.717, 1.165) is 0 Å². The second kappa shape index (κ2) is 6.85. The molecule has 0 heterocycles. The van der Waals surface area contributed by atoms with Crippen LogP contribution in [0.2, 0.25) is 0 Å². The third-order valence-electron chi connectivity index (χ3n) is 1.31. The fraction of sp³-hybridized carbons (Fsp3) is 0.500. The molecule has 0 fully saturated rings. The SMILES string of the molecule is O=C(O)CCCCC(=O)C=CCl. The quantitative estimate of drug-likeness (QED) is 0.515. The summed E-state index contributed by atoms with van der Waals surface area (Å²) in [7, 11) is 0. The van der Waals surface area contributed by atoms with Gasteiger partial charge in [-0.05, 0) is 18.9 Å². The van der Waals surface area contributed by atoms with E-state index in [9.17, 15) is 9.59 Å². The molecule has 0 rings (SSSR count). The van der Waals surface area contributed by atoms with E-state index in [2.05, 4.69) is 0 Å². The highest BCUT2D eigenvalue weighted by Crippen LogP contribution is 2.01. The Hall–Kier alpha value is -0.830. The van der Waals surface area contributed by atoms with E-state index in [0.29, 0.717) is 19.3 Å². The van der Waals surface area contributed by atoms with E-state index in [1.807, 2.05) is 0 Å². The normalized spacial score (nSPS) is 10.4. The smallest absolute Gasteiger partial charge is 0.303 e. The lowest BCUT2D eigenvalue weighted by molar-refractivity contribution is -0.137. The molecule has 12 heavy (non-hydrogen) atoms. The van der Waals surface area contributed by atoms with Crippen LogP contribution in [-0.4, -0.2) is 16.9 Å². The van der Waals surface area contributed by atoms with Crippen molar-refractivity contribution in [3.05, 3.63) is 11.6 Å². The van der Waals surface area contributed by atoms with Gasteiger partial charge in [0.1, 0.15) is 0 Å². The highest BCUT2D eigenvalue weighted by molar-refractivity contribution is 6.26. The first-order valence-corrected chi connectivity index (χ1v) is 4.12. The van der Waals surface area contributed by atoms with E-state index in [4.69, 9.17) is 16.7 Å². The Balaban J connectivity index is 3.31. The fourth-order valence-corrected chi connectivity index (χ4v) is 0.870. The molecule has 0 unspecified atom stereocenters. The van der Waals surface area contributed by atoms with Gasteiger partial charge in [-0.2, -0.15) is 0 Å². The summed E-state index contributed by atoms with van der Waals surface area (Å²) in [6.07, 6.45) is 2.92. The van der Waals surface area contributed by atoms with Gasteiger partial charge in [-0.25, -0.2) is 0 Å². The molecule has 0 aromatic heterocycles. The van der Waals surface area contributed by atoms with Crippen LogP contribution in [0.15, 0.2) is 11.6 Å². The van der Waals surface area contributed by atoms with E-state index in [1.54, 1.807) is 0 Å². The van der Waals surface area contributed by atoms with Crippen molar-refractivity contribution in [3.63, 3.8) is 0 Å². The van der Waals surface area contributed by atoms with Crippen molar-refractivity contribution in [2.24, 2.45) is 0 Å². The van der Waals surface area contributed by atoms with Crippen molar-refractivity contribution in [2.75, 3.05) is 0 Å². The van der Waals surface area contributed by atoms with Gasteiger partial charge >= 0.3 is 5.97 Å². The molecule has 4 heteroatoms. The lowest BCUT2D eigenvalue weighted by Gasteiger charge is -1.93. The average Bonchev–Trinajstić information content (AvgIpc) is 1.98. The summed E-state index contributed by atoms with van der Waals surface area (Å²) in [6.45, 7) is 0. The van der Waals surface area contributed by atoms with Crippen LogP contribution in [0, 0.1) is 0 Å². The number of hydrogen-bond acceptors (Lipinski definition) is 2. The predicted octanol–water partition coefficient (Wildman–Crippen LogP) is 1.95. The van der Waals surface area contributed by atoms with Crippen LogP contribution in [0.1, 0.15) is 25.7 Å². The summed E-state index contributed by atoms with van der Waals surface area (Å²) >= 11 is 5.16. The van der Waals surface area contributed by atoms with Gasteiger partial charge in [0.05, 0.1) is 0 Å². The van der Waals surface area contributed by atoms with E-state index in [1.165, 1.54) is 11.6 Å². The highest BCUT2D eigenvalue weighted by atomic mass is 35.5. The van der Waals surface area contributed by atoms with Crippen LogP contribution >= 0.6 is 11.6 Å². The third-order valence-corrected chi connectivity index (χ3v) is 1.44. The van der Waals surface area contributed by atoms with Gasteiger partial charge in [-0.15, -0.1) is 0 Å². The second-order valence-corrected chi connectivity index (χ2v) is 2.61. The molecule has 0 aromatic rings. The first-order valence-electron chi connectivity index (χ1n) is 3.68. The largest absolute Gasteiger partial charge is 0.481 e. The van der Waals surface area contributed by atoms with Crippen LogP contribution < -0.4 is 0 Å². The Kier molecular flexibility index (Phi) is 6.38. The number of aliphatic carboxylic acids is 1. The van der Waals surface area contributed by atoms with Crippen molar-refractivity contribution in [3.8, 4) is 0 Å². The molecule has 0 saturated heterocycles. The van der Waals surface area contributed by atoms with Gasteiger partial charge in [0.25, 0.3) is 0 Å². The number of rotatable bonds is 6. The number of allylic oxidation sites excluding steroid dienone is 1. The van der Waals surface area contributed by atoms with E-state index < -0.39 is 5.97 Å². The molecule has 0 aliphatic heterocycles. The predicted molar refractivity (Wildman–Crippen MR) is 46.1 cm³/mol. The molecule has 0 atom stereocenters. The number of ketones is 1. The number of carbonyl (C=O) groups is 2. The monoisotopic (exact) mass is 190 g/mol. The number of carboxylic acids is 1. The van der Waals surface area contributed by atoms with Crippen molar-refractivity contribution >= 4 is 23.4 Å². The minimum Gasteiger partial charge on any atom is -0.481 e. The Morgan fingerprint density at radius 2 is 1.83 bits per heavy atom. The molecule has 3 nitrogen and oxygen atoms in total. The van der Waals surface area contributed by atoms with Gasteiger partial charge in [-0.3, -0.25) is 9.59 Å². The van der Waals surface area contributed by atoms with Gasteiger partial charge < -0.3 is 5.11 Å². The molecule has 0 bridgehead atoms. The molecule has 0 saturated carbocycles. The van der Waals surface area contributed by atoms with Crippen LogP contribution in [0.5, 0.6) is 0 Å². The summed E-state index contributed by atoms with van der Waals surface area (Å²) < 4.78 is 0. The summed E-state index contributed by atoms with van der Waals surface area (Å²) in [5.41, 5.74) is 1.17. The van der Waals surface area contributed by atoms with Crippen molar-refractivity contribution in [1.29, 1.82) is 0 Å². The topological polar surface area (TPSA) is 54.4 Å². The number of carboxylic acid groups (broad SMARTS) is 1. The van der Waals surface area contributed by atoms with Crippen molar-refractivity contribution in [2.45, 2.75) is 25.7 Å². The fourth-order valence-electron chi connectivity index (χ4n) is 0.729. The molecule has 68 valence electrons. The number of unbranched alkanes of at least 4 members (excludes halogenated alkanes) is 1. The molecular formula is C8H11ClO3. The maximum atomic E-state index is 10.8. The molecule has 0 radical (unpaired) electrons. The van der Waals surface area contributed by atoms with Crippen LogP contribution in [0.3, 0.4) is 0 Å². The lowest BCUT2D eigenvalue weighted by Crippen LogP contribution is -1.96. The minimum absolute atomic E-state index is 0.0598. The standard InChI is InChI=1S/C8H11ClO3/c9-6-5-7(10)3-1-2-4-8(11)12/h5-6H,1-4H2,(H,11,12). The summed E-state index contributed by atoms with van der Waals surface area (Å²) in [4.78, 5) is 20.8. The van der Waals surface area contributed by atoms with Crippen LogP contribution in [0.4, 0.5) is 0 Å². The molecule has 0 aliphatic rings. The number of carbonyl (C=O) groups excluding carboxylic acids is 1. The van der Waals surface area contributed by atoms with Crippen molar-refractivity contribution < 1.29 is 14.7 Å². The first kappa shape index (κ1) is 11.2. The van der Waals surface area contributed by atoms with Crippen molar-refractivity contribution in [1.82, 2.24) is 0 Å². The summed E-state index contributed by atoms with van der Waals surface area (Å²) in [5.74, 6) is -0.884. The van der Waals surface area contributed by atoms with Gasteiger partial charge in [0.15, 0.2) is 5.78 Å². The minimum atomic E-state index is -0.824. The Morgan fingerprint density at radius 3 is 2.33 bits per heavy atom. The molecule has 0 spiro atoms. The lowest BCUT2D eigenvalue weighted by atomic mass is 10.1. The Morgan fingerprint density at radius 1 is 1.25 bits per heavy atom. The highest BCUT2D eigenvalue weighted by Gasteiger charge is 1.99. The zero-order chi connectivity index (χ0) is 9.40. The second-order valence-electron chi connectivity index (χ2n) is 2.36. The molecular weight excluding hydrogens is 180 g/mol. The number of halogens is 1. The maximum Gasteiger partial charge on any atom is 0.303 e. The zero-order valence-corrected chi connectivity index (χ0v) is 7.38. The molecule has 1 N–H and O–H groups in total. The molecule has 0 aromatic carbocycles. The zero-order valence-electron chi connectivity index (χ0n) is 6.62. The van der Waals surface area contributed by atoms with Gasteiger partial charge in [-0.1, -0.05) is 11.6 Å². The molecule has 0 amide bonds. The van der Waals surface area contributed by atoms with Gasteiger partial charge in [0, 0.05) is 18.4 Å². The van der Waals surface area contributed by atoms with E-state index in [-0.39, 0.29) is 12.2 Å². The average molecular weight is 191 g/mol. The maximum absolute atomic E-state index is 10.8. The van der Waals surface area contributed by atoms with Crippen LogP contribution in [0.25, 0.3) is 0 Å². The number of hydrogen-bond donors (Lipinski definition) is 1. The Labute approximate surface area is 76.0 Å². The molecule has 0 aliphatic carbocycles. The Bertz CT molecular complexity index is 187. The first-order chi connectivity index (χ1) is 5.66. The van der Waals surface area contributed by atoms with Gasteiger partial charge in [0.2, 0.25) is 0 Å². The summed E-state index contributed by atoms with van der Waals surface area (Å²) in [5, 5.41) is 8.26. The third kappa shape index (κ3) is 7.28. The summed E-state index contributed by atoms with van der Waals surface area (Å²) in [6, 6.07) is 0. The van der Waals surface area contributed by atoms with E-state index >= 15 is 0 Å².